The number of fused-ring (bicyclic) bond motifs is 2. The minimum absolute atomic E-state index is 0.0528. The van der Waals surface area contributed by atoms with E-state index in [0.29, 0.717) is 23.9 Å². The monoisotopic (exact) mass is 463 g/mol. The molecule has 34 heavy (non-hydrogen) atoms. The maximum atomic E-state index is 12.2. The smallest absolute Gasteiger partial charge is 0.231 e. The van der Waals surface area contributed by atoms with Gasteiger partial charge < -0.3 is 24.3 Å². The van der Waals surface area contributed by atoms with Crippen LogP contribution in [0.4, 0.5) is 0 Å². The standard InChI is InChI=1S/C26H29N3O5/c1-17-25(26(30)27-2)21-6-4-19(16-24(21)33-17)34-23-7-8-28-22-15-18(3-5-20(22)23)32-14-11-29-9-12-31-13-10-29/h3-8,15-17,25H,9-14H2,1-2H3,(H,27,30). The van der Waals surface area contributed by atoms with Crippen LogP contribution in [0.15, 0.2) is 48.7 Å². The Morgan fingerprint density at radius 1 is 1.15 bits per heavy atom. The topological polar surface area (TPSA) is 82.2 Å². The first-order valence-electron chi connectivity index (χ1n) is 11.6. The number of hydrogen-bond donors (Lipinski definition) is 1. The normalized spacial score (nSPS) is 19.9. The first kappa shape index (κ1) is 22.4. The molecule has 0 bridgehead atoms. The Hall–Kier alpha value is -3.36. The van der Waals surface area contributed by atoms with E-state index in [9.17, 15) is 4.79 Å². The zero-order chi connectivity index (χ0) is 23.5. The molecule has 5 rings (SSSR count). The fraction of sp³-hybridized carbons (Fsp3) is 0.385. The molecule has 2 aromatic carbocycles. The Labute approximate surface area is 198 Å². The highest BCUT2D eigenvalue weighted by Gasteiger charge is 2.36. The Balaban J connectivity index is 1.29. The lowest BCUT2D eigenvalue weighted by atomic mass is 9.95. The number of amides is 1. The number of ether oxygens (including phenoxy) is 4. The average molecular weight is 464 g/mol. The molecule has 1 amide bonds. The van der Waals surface area contributed by atoms with Crippen LogP contribution in [0, 0.1) is 0 Å². The largest absolute Gasteiger partial charge is 0.492 e. The molecule has 0 radical (unpaired) electrons. The summed E-state index contributed by atoms with van der Waals surface area (Å²) in [5.74, 6) is 2.42. The molecular weight excluding hydrogens is 434 g/mol. The quantitative estimate of drug-likeness (QED) is 0.575. The maximum absolute atomic E-state index is 12.2. The summed E-state index contributed by atoms with van der Waals surface area (Å²) in [5.41, 5.74) is 1.67. The number of hydrogen-bond acceptors (Lipinski definition) is 7. The number of morpholine rings is 1. The highest BCUT2D eigenvalue weighted by molar-refractivity contribution is 5.87. The molecule has 1 N–H and O–H groups in total. The van der Waals surface area contributed by atoms with Crippen molar-refractivity contribution in [3.05, 3.63) is 54.2 Å². The number of carbonyl (C=O) groups excluding carboxylic acids is 1. The summed E-state index contributed by atoms with van der Waals surface area (Å²) in [6.45, 7) is 6.85. The summed E-state index contributed by atoms with van der Waals surface area (Å²) < 4.78 is 23.5. The molecule has 8 heteroatoms. The van der Waals surface area contributed by atoms with Crippen LogP contribution < -0.4 is 19.5 Å². The van der Waals surface area contributed by atoms with Gasteiger partial charge in [-0.2, -0.15) is 0 Å². The summed E-state index contributed by atoms with van der Waals surface area (Å²) in [6, 6.07) is 13.3. The molecule has 0 spiro atoms. The Bertz CT molecular complexity index is 1180. The van der Waals surface area contributed by atoms with Crippen molar-refractivity contribution in [1.82, 2.24) is 15.2 Å². The summed E-state index contributed by atoms with van der Waals surface area (Å²) in [5, 5.41) is 3.60. The van der Waals surface area contributed by atoms with Crippen LogP contribution in [0.25, 0.3) is 10.9 Å². The van der Waals surface area contributed by atoms with Crippen molar-refractivity contribution < 1.29 is 23.7 Å². The van der Waals surface area contributed by atoms with E-state index in [1.165, 1.54) is 0 Å². The highest BCUT2D eigenvalue weighted by atomic mass is 16.5. The minimum atomic E-state index is -0.322. The van der Waals surface area contributed by atoms with Crippen LogP contribution in [0.2, 0.25) is 0 Å². The van der Waals surface area contributed by atoms with Gasteiger partial charge in [-0.3, -0.25) is 14.7 Å². The average Bonchev–Trinajstić information content (AvgIpc) is 3.19. The van der Waals surface area contributed by atoms with Crippen molar-refractivity contribution in [2.75, 3.05) is 46.5 Å². The molecule has 0 aliphatic carbocycles. The Kier molecular flexibility index (Phi) is 6.51. The number of pyridine rings is 1. The van der Waals surface area contributed by atoms with Gasteiger partial charge in [0.25, 0.3) is 0 Å². The van der Waals surface area contributed by atoms with E-state index < -0.39 is 0 Å². The van der Waals surface area contributed by atoms with Gasteiger partial charge in [-0.05, 0) is 31.2 Å². The van der Waals surface area contributed by atoms with Gasteiger partial charge in [0, 0.05) is 56.0 Å². The first-order chi connectivity index (χ1) is 16.6. The van der Waals surface area contributed by atoms with Crippen LogP contribution in [0.3, 0.4) is 0 Å². The van der Waals surface area contributed by atoms with E-state index in [2.05, 4.69) is 15.2 Å². The zero-order valence-electron chi connectivity index (χ0n) is 19.5. The molecule has 0 saturated carbocycles. The van der Waals surface area contributed by atoms with Gasteiger partial charge in [-0.15, -0.1) is 0 Å². The predicted octanol–water partition coefficient (Wildman–Crippen LogP) is 3.35. The molecule has 1 saturated heterocycles. The van der Waals surface area contributed by atoms with Gasteiger partial charge in [0.05, 0.1) is 18.7 Å². The third-order valence-corrected chi connectivity index (χ3v) is 6.31. The molecule has 2 aliphatic rings. The molecule has 3 heterocycles. The van der Waals surface area contributed by atoms with Crippen LogP contribution in [-0.4, -0.2) is 68.4 Å². The van der Waals surface area contributed by atoms with Crippen molar-refractivity contribution in [3.8, 4) is 23.0 Å². The minimum Gasteiger partial charge on any atom is -0.492 e. The molecule has 8 nitrogen and oxygen atoms in total. The van der Waals surface area contributed by atoms with E-state index in [0.717, 1.165) is 55.1 Å². The second-order valence-corrected chi connectivity index (χ2v) is 8.51. The van der Waals surface area contributed by atoms with Gasteiger partial charge >= 0.3 is 0 Å². The number of benzene rings is 2. The third kappa shape index (κ3) is 4.64. The lowest BCUT2D eigenvalue weighted by molar-refractivity contribution is -0.123. The Morgan fingerprint density at radius 2 is 1.97 bits per heavy atom. The molecule has 1 aromatic heterocycles. The van der Waals surface area contributed by atoms with Gasteiger partial charge in [0.1, 0.15) is 41.6 Å². The van der Waals surface area contributed by atoms with Crippen LogP contribution in [-0.2, 0) is 9.53 Å². The first-order valence-corrected chi connectivity index (χ1v) is 11.6. The van der Waals surface area contributed by atoms with Crippen LogP contribution in [0.5, 0.6) is 23.0 Å². The second-order valence-electron chi connectivity index (χ2n) is 8.51. The summed E-state index contributed by atoms with van der Waals surface area (Å²) in [7, 11) is 1.64. The molecule has 1 fully saturated rings. The number of aromatic nitrogens is 1. The molecule has 2 aliphatic heterocycles. The van der Waals surface area contributed by atoms with Crippen LogP contribution >= 0.6 is 0 Å². The zero-order valence-corrected chi connectivity index (χ0v) is 19.5. The number of nitrogens with zero attached hydrogens (tertiary/aromatic N) is 2. The van der Waals surface area contributed by atoms with Crippen molar-refractivity contribution in [2.24, 2.45) is 0 Å². The van der Waals surface area contributed by atoms with Crippen LogP contribution in [0.1, 0.15) is 18.4 Å². The summed E-state index contributed by atoms with van der Waals surface area (Å²) >= 11 is 0. The number of rotatable bonds is 7. The van der Waals surface area contributed by atoms with Crippen molar-refractivity contribution in [3.63, 3.8) is 0 Å². The number of likely N-dealkylation sites (N-methyl/N-ethyl adjacent to an activating group) is 1. The molecule has 2 unspecified atom stereocenters. The van der Waals surface area contributed by atoms with Gasteiger partial charge in [0.15, 0.2) is 0 Å². The van der Waals surface area contributed by atoms with E-state index in [1.54, 1.807) is 13.2 Å². The lowest BCUT2D eigenvalue weighted by Gasteiger charge is -2.26. The van der Waals surface area contributed by atoms with E-state index in [-0.39, 0.29) is 17.9 Å². The lowest BCUT2D eigenvalue weighted by Crippen LogP contribution is -2.38. The summed E-state index contributed by atoms with van der Waals surface area (Å²) in [4.78, 5) is 19.1. The van der Waals surface area contributed by atoms with Gasteiger partial charge in [0.2, 0.25) is 5.91 Å². The van der Waals surface area contributed by atoms with Gasteiger partial charge in [-0.1, -0.05) is 6.07 Å². The highest BCUT2D eigenvalue weighted by Crippen LogP contribution is 2.41. The molecule has 3 aromatic rings. The number of nitrogens with one attached hydrogen (secondary N) is 1. The van der Waals surface area contributed by atoms with Gasteiger partial charge in [-0.25, -0.2) is 0 Å². The molecular formula is C26H29N3O5. The SMILES string of the molecule is CNC(=O)C1c2ccc(Oc3ccnc4cc(OCCN5CCOCC5)ccc34)cc2OC1C. The second kappa shape index (κ2) is 9.87. The maximum Gasteiger partial charge on any atom is 0.231 e. The fourth-order valence-electron chi connectivity index (χ4n) is 4.49. The van der Waals surface area contributed by atoms with E-state index in [4.69, 9.17) is 18.9 Å². The fourth-order valence-corrected chi connectivity index (χ4v) is 4.49. The van der Waals surface area contributed by atoms with Crippen molar-refractivity contribution >= 4 is 16.8 Å². The number of carbonyl (C=O) groups is 1. The molecule has 2 atom stereocenters. The summed E-state index contributed by atoms with van der Waals surface area (Å²) in [6.07, 6.45) is 1.50. The third-order valence-electron chi connectivity index (χ3n) is 6.31. The van der Waals surface area contributed by atoms with E-state index >= 15 is 0 Å². The van der Waals surface area contributed by atoms with Crippen molar-refractivity contribution in [1.29, 1.82) is 0 Å². The molecule has 178 valence electrons. The predicted molar refractivity (Wildman–Crippen MR) is 128 cm³/mol. The van der Waals surface area contributed by atoms with E-state index in [1.807, 2.05) is 49.4 Å². The van der Waals surface area contributed by atoms with Crippen molar-refractivity contribution in [2.45, 2.75) is 18.9 Å². The Morgan fingerprint density at radius 3 is 2.79 bits per heavy atom.